The molecular weight excluding hydrogens is 451 g/mol. The monoisotopic (exact) mass is 480 g/mol. The fraction of sp³-hybridized carbons (Fsp3) is 0.417. The molecular formula is C24H30Cl2N2O2S. The zero-order valence-corrected chi connectivity index (χ0v) is 20.6. The summed E-state index contributed by atoms with van der Waals surface area (Å²) in [5.74, 6) is 0.434. The van der Waals surface area contributed by atoms with E-state index in [1.807, 2.05) is 57.2 Å². The first-order chi connectivity index (χ1) is 14.8. The SMILES string of the molecule is CC[C@@H](C)NC(=O)[C@@H](CC)N(Cc1ccc(Cl)cc1Cl)C(=O)CCSc1ccccc1. The number of nitrogens with zero attached hydrogens (tertiary/aromatic N) is 1. The number of halogens is 2. The highest BCUT2D eigenvalue weighted by atomic mass is 35.5. The molecule has 4 nitrogen and oxygen atoms in total. The minimum Gasteiger partial charge on any atom is -0.352 e. The van der Waals surface area contributed by atoms with Gasteiger partial charge in [0.25, 0.3) is 0 Å². The first-order valence-electron chi connectivity index (χ1n) is 10.6. The van der Waals surface area contributed by atoms with E-state index in [9.17, 15) is 9.59 Å². The van der Waals surface area contributed by atoms with Gasteiger partial charge in [0.05, 0.1) is 0 Å². The van der Waals surface area contributed by atoms with Gasteiger partial charge in [0.2, 0.25) is 11.8 Å². The number of hydrogen-bond acceptors (Lipinski definition) is 3. The largest absolute Gasteiger partial charge is 0.352 e. The van der Waals surface area contributed by atoms with Gasteiger partial charge in [-0.3, -0.25) is 9.59 Å². The number of carbonyl (C=O) groups is 2. The Morgan fingerprint density at radius 3 is 2.39 bits per heavy atom. The third kappa shape index (κ3) is 8.06. The molecule has 0 saturated heterocycles. The average molecular weight is 481 g/mol. The summed E-state index contributed by atoms with van der Waals surface area (Å²) in [5, 5.41) is 4.04. The van der Waals surface area contributed by atoms with Gasteiger partial charge in [0, 0.05) is 39.7 Å². The Kier molecular flexibility index (Phi) is 10.7. The van der Waals surface area contributed by atoms with Crippen molar-refractivity contribution in [3.8, 4) is 0 Å². The lowest BCUT2D eigenvalue weighted by Gasteiger charge is -2.31. The maximum Gasteiger partial charge on any atom is 0.243 e. The summed E-state index contributed by atoms with van der Waals surface area (Å²) in [6.07, 6.45) is 1.68. The van der Waals surface area contributed by atoms with Gasteiger partial charge in [0.15, 0.2) is 0 Å². The molecule has 0 fully saturated rings. The molecule has 0 bridgehead atoms. The van der Waals surface area contributed by atoms with E-state index in [0.29, 0.717) is 28.6 Å². The molecule has 0 aromatic heterocycles. The highest BCUT2D eigenvalue weighted by molar-refractivity contribution is 7.99. The van der Waals surface area contributed by atoms with Gasteiger partial charge >= 0.3 is 0 Å². The van der Waals surface area contributed by atoms with Gasteiger partial charge in [-0.15, -0.1) is 11.8 Å². The van der Waals surface area contributed by atoms with Gasteiger partial charge in [0.1, 0.15) is 6.04 Å². The number of nitrogens with one attached hydrogen (secondary N) is 1. The maximum atomic E-state index is 13.2. The lowest BCUT2D eigenvalue weighted by Crippen LogP contribution is -2.50. The first kappa shape index (κ1) is 25.6. The van der Waals surface area contributed by atoms with E-state index in [1.54, 1.807) is 28.8 Å². The van der Waals surface area contributed by atoms with Crippen molar-refractivity contribution in [3.05, 3.63) is 64.1 Å². The van der Waals surface area contributed by atoms with Crippen molar-refractivity contribution in [3.63, 3.8) is 0 Å². The molecule has 31 heavy (non-hydrogen) atoms. The molecule has 2 atom stereocenters. The van der Waals surface area contributed by atoms with Crippen molar-refractivity contribution >= 4 is 46.8 Å². The van der Waals surface area contributed by atoms with Crippen LogP contribution in [0.3, 0.4) is 0 Å². The number of amides is 2. The second-order valence-electron chi connectivity index (χ2n) is 7.41. The van der Waals surface area contributed by atoms with E-state index in [4.69, 9.17) is 23.2 Å². The molecule has 0 spiro atoms. The molecule has 0 aliphatic heterocycles. The molecule has 168 valence electrons. The molecule has 2 rings (SSSR count). The van der Waals surface area contributed by atoms with Crippen LogP contribution in [0.1, 0.15) is 45.6 Å². The van der Waals surface area contributed by atoms with Gasteiger partial charge in [-0.1, -0.05) is 61.3 Å². The van der Waals surface area contributed by atoms with Crippen LogP contribution in [0.2, 0.25) is 10.0 Å². The summed E-state index contributed by atoms with van der Waals surface area (Å²) in [6.45, 7) is 6.16. The second-order valence-corrected chi connectivity index (χ2v) is 9.42. The number of benzene rings is 2. The molecule has 2 aromatic rings. The highest BCUT2D eigenvalue weighted by Crippen LogP contribution is 2.25. The smallest absolute Gasteiger partial charge is 0.243 e. The van der Waals surface area contributed by atoms with Crippen LogP contribution < -0.4 is 5.32 Å². The molecule has 0 radical (unpaired) electrons. The molecule has 2 amide bonds. The van der Waals surface area contributed by atoms with Gasteiger partial charge in [-0.05, 0) is 49.6 Å². The molecule has 0 aliphatic rings. The Hall–Kier alpha value is -1.69. The summed E-state index contributed by atoms with van der Waals surface area (Å²) in [7, 11) is 0. The number of rotatable bonds is 11. The van der Waals surface area contributed by atoms with Gasteiger partial charge < -0.3 is 10.2 Å². The minimum absolute atomic E-state index is 0.0475. The summed E-state index contributed by atoms with van der Waals surface area (Å²) in [4.78, 5) is 29.0. The molecule has 0 saturated carbocycles. The molecule has 0 heterocycles. The molecule has 1 N–H and O–H groups in total. The summed E-state index contributed by atoms with van der Waals surface area (Å²) in [6, 6.07) is 14.7. The molecule has 0 unspecified atom stereocenters. The van der Waals surface area contributed by atoms with E-state index in [-0.39, 0.29) is 24.4 Å². The number of carbonyl (C=O) groups excluding carboxylic acids is 2. The average Bonchev–Trinajstić information content (AvgIpc) is 2.75. The minimum atomic E-state index is -0.560. The zero-order chi connectivity index (χ0) is 22.8. The van der Waals surface area contributed by atoms with Crippen LogP contribution >= 0.6 is 35.0 Å². The Balaban J connectivity index is 2.18. The molecule has 0 aliphatic carbocycles. The summed E-state index contributed by atoms with van der Waals surface area (Å²) >= 11 is 14.0. The Labute approximate surface area is 199 Å². The summed E-state index contributed by atoms with van der Waals surface area (Å²) in [5.41, 5.74) is 0.768. The van der Waals surface area contributed by atoms with Crippen LogP contribution in [-0.4, -0.2) is 34.6 Å². The van der Waals surface area contributed by atoms with Crippen molar-refractivity contribution in [2.45, 2.75) is 63.6 Å². The van der Waals surface area contributed by atoms with E-state index in [0.717, 1.165) is 16.9 Å². The summed E-state index contributed by atoms with van der Waals surface area (Å²) < 4.78 is 0. The van der Waals surface area contributed by atoms with Crippen LogP contribution in [0, 0.1) is 0 Å². The van der Waals surface area contributed by atoms with Crippen molar-refractivity contribution in [1.82, 2.24) is 10.2 Å². The van der Waals surface area contributed by atoms with Crippen molar-refractivity contribution in [2.75, 3.05) is 5.75 Å². The highest BCUT2D eigenvalue weighted by Gasteiger charge is 2.29. The first-order valence-corrected chi connectivity index (χ1v) is 12.3. The quantitative estimate of drug-likeness (QED) is 0.389. The van der Waals surface area contributed by atoms with Crippen LogP contribution in [0.5, 0.6) is 0 Å². The van der Waals surface area contributed by atoms with Crippen molar-refractivity contribution in [2.24, 2.45) is 0 Å². The third-order valence-electron chi connectivity index (χ3n) is 5.07. The predicted molar refractivity (Wildman–Crippen MR) is 131 cm³/mol. The Bertz CT molecular complexity index is 864. The fourth-order valence-corrected chi connectivity index (χ4v) is 4.44. The normalized spacial score (nSPS) is 12.8. The second kappa shape index (κ2) is 13.0. The van der Waals surface area contributed by atoms with E-state index in [1.165, 1.54) is 0 Å². The standard InChI is InChI=1S/C24H30Cl2N2O2S/c1-4-17(3)27-24(30)22(5-2)28(16-18-11-12-19(25)15-21(18)26)23(29)13-14-31-20-9-7-6-8-10-20/h6-12,15,17,22H,4-5,13-14,16H2,1-3H3,(H,27,30)/t17-,22-/m1/s1. The number of hydrogen-bond donors (Lipinski definition) is 1. The maximum absolute atomic E-state index is 13.2. The van der Waals surface area contributed by atoms with Gasteiger partial charge in [-0.2, -0.15) is 0 Å². The van der Waals surface area contributed by atoms with E-state index >= 15 is 0 Å². The molecule has 2 aromatic carbocycles. The zero-order valence-electron chi connectivity index (χ0n) is 18.2. The van der Waals surface area contributed by atoms with Crippen LogP contribution in [0.4, 0.5) is 0 Å². The third-order valence-corrected chi connectivity index (χ3v) is 6.67. The van der Waals surface area contributed by atoms with Crippen LogP contribution in [-0.2, 0) is 16.1 Å². The van der Waals surface area contributed by atoms with Crippen molar-refractivity contribution in [1.29, 1.82) is 0 Å². The fourth-order valence-electron chi connectivity index (χ4n) is 3.11. The topological polar surface area (TPSA) is 49.4 Å². The lowest BCUT2D eigenvalue weighted by atomic mass is 10.1. The number of thioether (sulfide) groups is 1. The van der Waals surface area contributed by atoms with Crippen LogP contribution in [0.25, 0.3) is 0 Å². The van der Waals surface area contributed by atoms with Crippen molar-refractivity contribution < 1.29 is 9.59 Å². The Morgan fingerprint density at radius 2 is 1.77 bits per heavy atom. The van der Waals surface area contributed by atoms with E-state index < -0.39 is 6.04 Å². The van der Waals surface area contributed by atoms with E-state index in [2.05, 4.69) is 5.32 Å². The lowest BCUT2D eigenvalue weighted by molar-refractivity contribution is -0.141. The Morgan fingerprint density at radius 1 is 1.06 bits per heavy atom. The van der Waals surface area contributed by atoms with Gasteiger partial charge in [-0.25, -0.2) is 0 Å². The van der Waals surface area contributed by atoms with Crippen LogP contribution in [0.15, 0.2) is 53.4 Å². The molecule has 7 heteroatoms. The predicted octanol–water partition coefficient (Wildman–Crippen LogP) is 6.20.